The molecule has 2 rings (SSSR count). The summed E-state index contributed by atoms with van der Waals surface area (Å²) in [7, 11) is 3.29. The van der Waals surface area contributed by atoms with E-state index >= 15 is 0 Å². The lowest BCUT2D eigenvalue weighted by atomic mass is 10.2. The van der Waals surface area contributed by atoms with Crippen molar-refractivity contribution in [2.45, 2.75) is 22.6 Å². The van der Waals surface area contributed by atoms with Crippen LogP contribution >= 0.6 is 21.6 Å². The first kappa shape index (κ1) is 13.4. The van der Waals surface area contributed by atoms with Crippen molar-refractivity contribution in [1.29, 1.82) is 0 Å². The fourth-order valence-corrected chi connectivity index (χ4v) is 3.38. The van der Waals surface area contributed by atoms with Crippen LogP contribution < -0.4 is 0 Å². The summed E-state index contributed by atoms with van der Waals surface area (Å²) in [5.74, 6) is 0. The van der Waals surface area contributed by atoms with E-state index in [2.05, 4.69) is 0 Å². The van der Waals surface area contributed by atoms with E-state index in [0.717, 1.165) is 4.90 Å². The van der Waals surface area contributed by atoms with Crippen molar-refractivity contribution >= 4 is 21.6 Å². The molecule has 0 radical (unpaired) electrons. The van der Waals surface area contributed by atoms with Crippen LogP contribution in [0.5, 0.6) is 0 Å². The lowest BCUT2D eigenvalue weighted by molar-refractivity contribution is 0.149. The van der Waals surface area contributed by atoms with Crippen LogP contribution in [0.2, 0.25) is 0 Å². The van der Waals surface area contributed by atoms with Gasteiger partial charge in [0.05, 0.1) is 0 Å². The van der Waals surface area contributed by atoms with Gasteiger partial charge in [-0.15, -0.1) is 0 Å². The Bertz CT molecular complexity index is 469. The second-order valence-electron chi connectivity index (χ2n) is 3.72. The van der Waals surface area contributed by atoms with Crippen molar-refractivity contribution in [3.05, 3.63) is 60.2 Å². The lowest BCUT2D eigenvalue weighted by Crippen LogP contribution is -1.95. The maximum atomic E-state index is 12.2. The molecule has 0 bridgehead atoms. The summed E-state index contributed by atoms with van der Waals surface area (Å²) in [5.41, 5.74) is 0.680. The van der Waals surface area contributed by atoms with E-state index in [-0.39, 0.29) is 6.42 Å². The summed E-state index contributed by atoms with van der Waals surface area (Å²) in [6.07, 6.45) is -2.45. The number of rotatable bonds is 5. The highest BCUT2D eigenvalue weighted by atomic mass is 33.1. The fraction of sp³-hybridized carbons (Fsp3) is 0.143. The van der Waals surface area contributed by atoms with Gasteiger partial charge in [-0.25, -0.2) is 8.78 Å². The molecule has 0 unspecified atom stereocenters. The maximum absolute atomic E-state index is 12.2. The fourth-order valence-electron chi connectivity index (χ4n) is 1.43. The topological polar surface area (TPSA) is 0 Å². The maximum Gasteiger partial charge on any atom is 0.242 e. The molecule has 0 N–H and O–H groups in total. The van der Waals surface area contributed by atoms with Gasteiger partial charge in [0.2, 0.25) is 6.43 Å². The predicted octanol–water partition coefficient (Wildman–Crippen LogP) is 5.29. The number of halogens is 2. The highest BCUT2D eigenvalue weighted by molar-refractivity contribution is 8.76. The molecule has 0 aliphatic carbocycles. The van der Waals surface area contributed by atoms with Gasteiger partial charge in [0.15, 0.2) is 0 Å². The number of benzene rings is 2. The Kier molecular flexibility index (Phi) is 5.08. The first-order chi connectivity index (χ1) is 8.74. The summed E-state index contributed by atoms with van der Waals surface area (Å²) in [6, 6.07) is 17.4. The van der Waals surface area contributed by atoms with Crippen molar-refractivity contribution < 1.29 is 8.78 Å². The minimum absolute atomic E-state index is 0.170. The monoisotopic (exact) mass is 282 g/mol. The van der Waals surface area contributed by atoms with Crippen molar-refractivity contribution in [3.8, 4) is 0 Å². The smallest absolute Gasteiger partial charge is 0.210 e. The zero-order valence-corrected chi connectivity index (χ0v) is 11.2. The van der Waals surface area contributed by atoms with E-state index in [1.54, 1.807) is 33.7 Å². The number of alkyl halides is 2. The summed E-state index contributed by atoms with van der Waals surface area (Å²) in [4.78, 5) is 2.25. The van der Waals surface area contributed by atoms with Crippen molar-refractivity contribution in [2.75, 3.05) is 0 Å². The Labute approximate surface area is 113 Å². The molecule has 0 amide bonds. The van der Waals surface area contributed by atoms with Gasteiger partial charge in [-0.2, -0.15) is 0 Å². The van der Waals surface area contributed by atoms with Crippen molar-refractivity contribution in [1.82, 2.24) is 0 Å². The van der Waals surface area contributed by atoms with Gasteiger partial charge in [-0.05, 0) is 29.8 Å². The van der Waals surface area contributed by atoms with Gasteiger partial charge in [-0.3, -0.25) is 0 Å². The zero-order chi connectivity index (χ0) is 12.8. The minimum Gasteiger partial charge on any atom is -0.210 e. The molecular formula is C14H12F2S2. The molecule has 0 saturated carbocycles. The molecule has 4 heteroatoms. The molecular weight excluding hydrogens is 270 g/mol. The van der Waals surface area contributed by atoms with Crippen LogP contribution in [-0.2, 0) is 6.42 Å². The van der Waals surface area contributed by atoms with Crippen LogP contribution in [0.3, 0.4) is 0 Å². The minimum atomic E-state index is -2.28. The van der Waals surface area contributed by atoms with E-state index in [1.165, 1.54) is 4.90 Å². The van der Waals surface area contributed by atoms with Gasteiger partial charge in [-0.1, -0.05) is 51.9 Å². The third-order valence-electron chi connectivity index (χ3n) is 2.29. The average molecular weight is 282 g/mol. The highest BCUT2D eigenvalue weighted by Crippen LogP contribution is 2.37. The Balaban J connectivity index is 1.90. The SMILES string of the molecule is FC(F)Cc1ccc(SSc2ccccc2)cc1. The second-order valence-corrected chi connectivity index (χ2v) is 6.00. The van der Waals surface area contributed by atoms with Crippen molar-refractivity contribution in [2.24, 2.45) is 0 Å². The standard InChI is InChI=1S/C14H12F2S2/c15-14(16)10-11-6-8-13(9-7-11)18-17-12-4-2-1-3-5-12/h1-9,14H,10H2. The predicted molar refractivity (Wildman–Crippen MR) is 74.3 cm³/mol. The Morgan fingerprint density at radius 1 is 0.778 bits per heavy atom. The quantitative estimate of drug-likeness (QED) is 0.683. The second kappa shape index (κ2) is 6.81. The molecule has 0 aliphatic heterocycles. The normalized spacial score (nSPS) is 10.8. The summed E-state index contributed by atoms with van der Waals surface area (Å²) >= 11 is 0. The van der Waals surface area contributed by atoms with Crippen LogP contribution in [0, 0.1) is 0 Å². The molecule has 18 heavy (non-hydrogen) atoms. The van der Waals surface area contributed by atoms with Gasteiger partial charge in [0.25, 0.3) is 0 Å². The average Bonchev–Trinajstić information content (AvgIpc) is 2.38. The van der Waals surface area contributed by atoms with Crippen molar-refractivity contribution in [3.63, 3.8) is 0 Å². The molecule has 0 fully saturated rings. The van der Waals surface area contributed by atoms with Gasteiger partial charge in [0, 0.05) is 16.2 Å². The summed E-state index contributed by atoms with van der Waals surface area (Å²) < 4.78 is 24.4. The van der Waals surface area contributed by atoms with Gasteiger partial charge < -0.3 is 0 Å². The zero-order valence-electron chi connectivity index (χ0n) is 9.55. The molecule has 94 valence electrons. The molecule has 2 aromatic rings. The Morgan fingerprint density at radius 2 is 1.33 bits per heavy atom. The Morgan fingerprint density at radius 3 is 1.89 bits per heavy atom. The third-order valence-corrected chi connectivity index (χ3v) is 4.71. The molecule has 2 aromatic carbocycles. The van der Waals surface area contributed by atoms with E-state index in [9.17, 15) is 8.78 Å². The van der Waals surface area contributed by atoms with Gasteiger partial charge in [0.1, 0.15) is 0 Å². The summed E-state index contributed by atoms with van der Waals surface area (Å²) in [5, 5.41) is 0. The van der Waals surface area contributed by atoms with E-state index < -0.39 is 6.43 Å². The first-order valence-electron chi connectivity index (χ1n) is 5.51. The van der Waals surface area contributed by atoms with E-state index in [0.29, 0.717) is 5.56 Å². The largest absolute Gasteiger partial charge is 0.242 e. The molecule has 0 saturated heterocycles. The lowest BCUT2D eigenvalue weighted by Gasteiger charge is -2.03. The molecule has 0 heterocycles. The first-order valence-corrected chi connectivity index (χ1v) is 7.66. The van der Waals surface area contributed by atoms with Crippen LogP contribution in [0.15, 0.2) is 64.4 Å². The number of hydrogen-bond donors (Lipinski definition) is 0. The van der Waals surface area contributed by atoms with E-state index in [1.807, 2.05) is 42.5 Å². The molecule has 0 atom stereocenters. The Hall–Kier alpha value is -1.00. The molecule has 0 aromatic heterocycles. The highest BCUT2D eigenvalue weighted by Gasteiger charge is 2.04. The summed E-state index contributed by atoms with van der Waals surface area (Å²) in [6.45, 7) is 0. The van der Waals surface area contributed by atoms with Crippen LogP contribution in [0.4, 0.5) is 8.78 Å². The van der Waals surface area contributed by atoms with E-state index in [4.69, 9.17) is 0 Å². The molecule has 0 spiro atoms. The molecule has 0 aliphatic rings. The van der Waals surface area contributed by atoms with Gasteiger partial charge >= 0.3 is 0 Å². The number of hydrogen-bond acceptors (Lipinski definition) is 2. The molecule has 0 nitrogen and oxygen atoms in total. The van der Waals surface area contributed by atoms with Crippen LogP contribution in [0.1, 0.15) is 5.56 Å². The van der Waals surface area contributed by atoms with Crippen LogP contribution in [-0.4, -0.2) is 6.43 Å². The van der Waals surface area contributed by atoms with Crippen LogP contribution in [0.25, 0.3) is 0 Å². The third kappa shape index (κ3) is 4.35.